The second-order valence-corrected chi connectivity index (χ2v) is 5.07. The minimum absolute atomic E-state index is 0.0604. The lowest BCUT2D eigenvalue weighted by Gasteiger charge is -2.23. The highest BCUT2D eigenvalue weighted by molar-refractivity contribution is 5.46. The zero-order valence-corrected chi connectivity index (χ0v) is 10.7. The van der Waals surface area contributed by atoms with Crippen molar-refractivity contribution >= 4 is 5.69 Å². The minimum Gasteiger partial charge on any atom is -0.378 e. The first-order valence-electron chi connectivity index (χ1n) is 6.33. The van der Waals surface area contributed by atoms with E-state index in [4.69, 9.17) is 0 Å². The third-order valence-corrected chi connectivity index (χ3v) is 3.52. The van der Waals surface area contributed by atoms with Crippen LogP contribution in [0.4, 0.5) is 10.1 Å². The van der Waals surface area contributed by atoms with Crippen LogP contribution in [-0.2, 0) is 6.42 Å². The molecule has 1 aliphatic rings. The first-order valence-corrected chi connectivity index (χ1v) is 6.33. The van der Waals surface area contributed by atoms with Crippen molar-refractivity contribution < 1.29 is 4.39 Å². The number of hydrogen-bond donors (Lipinski definition) is 1. The lowest BCUT2D eigenvalue weighted by atomic mass is 9.91. The van der Waals surface area contributed by atoms with Crippen molar-refractivity contribution in [3.63, 3.8) is 0 Å². The normalized spacial score (nSPS) is 17.1. The van der Waals surface area contributed by atoms with E-state index in [9.17, 15) is 4.39 Å². The van der Waals surface area contributed by atoms with Gasteiger partial charge < -0.3 is 10.2 Å². The van der Waals surface area contributed by atoms with E-state index in [2.05, 4.69) is 5.32 Å². The van der Waals surface area contributed by atoms with Gasteiger partial charge in [0, 0.05) is 19.8 Å². The SMILES string of the molecule is CN(C)c1ccc(CC2CCNCC2)c(F)c1. The fourth-order valence-electron chi connectivity index (χ4n) is 2.38. The Hall–Kier alpha value is -1.09. The molecule has 1 saturated heterocycles. The van der Waals surface area contributed by atoms with Crippen molar-refractivity contribution in [2.24, 2.45) is 5.92 Å². The molecule has 1 aliphatic heterocycles. The molecule has 17 heavy (non-hydrogen) atoms. The van der Waals surface area contributed by atoms with E-state index >= 15 is 0 Å². The summed E-state index contributed by atoms with van der Waals surface area (Å²) in [6, 6.07) is 5.57. The Kier molecular flexibility index (Phi) is 4.00. The first kappa shape index (κ1) is 12.4. The lowest BCUT2D eigenvalue weighted by Crippen LogP contribution is -2.28. The summed E-state index contributed by atoms with van der Waals surface area (Å²) < 4.78 is 13.9. The van der Waals surface area contributed by atoms with Crippen molar-refractivity contribution in [3.8, 4) is 0 Å². The van der Waals surface area contributed by atoms with Crippen molar-refractivity contribution in [1.82, 2.24) is 5.32 Å². The van der Waals surface area contributed by atoms with Gasteiger partial charge in [-0.25, -0.2) is 4.39 Å². The molecule has 0 spiro atoms. The van der Waals surface area contributed by atoms with Gasteiger partial charge in [0.25, 0.3) is 0 Å². The Morgan fingerprint density at radius 3 is 2.59 bits per heavy atom. The van der Waals surface area contributed by atoms with Gasteiger partial charge in [-0.1, -0.05) is 6.07 Å². The molecule has 0 radical (unpaired) electrons. The Balaban J connectivity index is 2.05. The molecule has 2 nitrogen and oxygen atoms in total. The van der Waals surface area contributed by atoms with Crippen LogP contribution in [0, 0.1) is 11.7 Å². The molecule has 3 heteroatoms. The van der Waals surface area contributed by atoms with Crippen LogP contribution in [-0.4, -0.2) is 27.2 Å². The molecule has 0 aromatic heterocycles. The summed E-state index contributed by atoms with van der Waals surface area (Å²) in [4.78, 5) is 1.93. The van der Waals surface area contributed by atoms with Gasteiger partial charge in [-0.2, -0.15) is 0 Å². The quantitative estimate of drug-likeness (QED) is 0.867. The predicted molar refractivity (Wildman–Crippen MR) is 70.0 cm³/mol. The maximum absolute atomic E-state index is 13.9. The van der Waals surface area contributed by atoms with Gasteiger partial charge in [0.2, 0.25) is 0 Å². The van der Waals surface area contributed by atoms with E-state index in [0.29, 0.717) is 5.92 Å². The number of nitrogens with zero attached hydrogens (tertiary/aromatic N) is 1. The van der Waals surface area contributed by atoms with Crippen LogP contribution in [0.2, 0.25) is 0 Å². The second kappa shape index (κ2) is 5.50. The van der Waals surface area contributed by atoms with Crippen LogP contribution in [0.1, 0.15) is 18.4 Å². The van der Waals surface area contributed by atoms with E-state index in [0.717, 1.165) is 43.6 Å². The number of halogens is 1. The van der Waals surface area contributed by atoms with Crippen LogP contribution in [0.25, 0.3) is 0 Å². The molecule has 0 bridgehead atoms. The molecule has 1 N–H and O–H groups in total. The largest absolute Gasteiger partial charge is 0.378 e. The average Bonchev–Trinajstić information content (AvgIpc) is 2.33. The summed E-state index contributed by atoms with van der Waals surface area (Å²) in [5.41, 5.74) is 1.79. The van der Waals surface area contributed by atoms with Crippen LogP contribution >= 0.6 is 0 Å². The molecular formula is C14H21FN2. The highest BCUT2D eigenvalue weighted by atomic mass is 19.1. The van der Waals surface area contributed by atoms with Gasteiger partial charge >= 0.3 is 0 Å². The van der Waals surface area contributed by atoms with E-state index in [1.54, 1.807) is 6.07 Å². The fourth-order valence-corrected chi connectivity index (χ4v) is 2.38. The van der Waals surface area contributed by atoms with Gasteiger partial charge in [-0.05, 0) is 56.0 Å². The van der Waals surface area contributed by atoms with E-state index in [1.807, 2.05) is 31.1 Å². The van der Waals surface area contributed by atoms with Crippen molar-refractivity contribution in [2.75, 3.05) is 32.1 Å². The molecule has 1 aromatic carbocycles. The highest BCUT2D eigenvalue weighted by Gasteiger charge is 2.15. The predicted octanol–water partition coefficient (Wildman–Crippen LogP) is 2.43. The monoisotopic (exact) mass is 236 g/mol. The van der Waals surface area contributed by atoms with E-state index in [1.165, 1.54) is 0 Å². The van der Waals surface area contributed by atoms with Gasteiger partial charge in [0.05, 0.1) is 0 Å². The summed E-state index contributed by atoms with van der Waals surface area (Å²) in [7, 11) is 3.86. The minimum atomic E-state index is -0.0604. The summed E-state index contributed by atoms with van der Waals surface area (Å²) in [6.07, 6.45) is 3.20. The van der Waals surface area contributed by atoms with Crippen LogP contribution in [0.5, 0.6) is 0 Å². The lowest BCUT2D eigenvalue weighted by molar-refractivity contribution is 0.368. The third-order valence-electron chi connectivity index (χ3n) is 3.52. The van der Waals surface area contributed by atoms with E-state index in [-0.39, 0.29) is 5.82 Å². The van der Waals surface area contributed by atoms with Crippen LogP contribution in [0.15, 0.2) is 18.2 Å². The molecule has 1 heterocycles. The van der Waals surface area contributed by atoms with Gasteiger partial charge in [0.1, 0.15) is 5.82 Å². The molecule has 94 valence electrons. The molecule has 1 aromatic rings. The number of nitrogens with one attached hydrogen (secondary N) is 1. The van der Waals surface area contributed by atoms with Crippen molar-refractivity contribution in [3.05, 3.63) is 29.6 Å². The number of benzene rings is 1. The fraction of sp³-hybridized carbons (Fsp3) is 0.571. The Labute approximate surface area is 103 Å². The molecular weight excluding hydrogens is 215 g/mol. The summed E-state index contributed by atoms with van der Waals surface area (Å²) in [6.45, 7) is 2.14. The molecule has 1 fully saturated rings. The Bertz CT molecular complexity index is 370. The number of anilines is 1. The summed E-state index contributed by atoms with van der Waals surface area (Å²) in [5.74, 6) is 0.575. The van der Waals surface area contributed by atoms with Gasteiger partial charge in [-0.3, -0.25) is 0 Å². The van der Waals surface area contributed by atoms with E-state index < -0.39 is 0 Å². The highest BCUT2D eigenvalue weighted by Crippen LogP contribution is 2.22. The van der Waals surface area contributed by atoms with Gasteiger partial charge in [-0.15, -0.1) is 0 Å². The van der Waals surface area contributed by atoms with Crippen molar-refractivity contribution in [1.29, 1.82) is 0 Å². The van der Waals surface area contributed by atoms with Gasteiger partial charge in [0.15, 0.2) is 0 Å². The van der Waals surface area contributed by atoms with Crippen LogP contribution < -0.4 is 10.2 Å². The zero-order valence-electron chi connectivity index (χ0n) is 10.7. The topological polar surface area (TPSA) is 15.3 Å². The third kappa shape index (κ3) is 3.19. The summed E-state index contributed by atoms with van der Waals surface area (Å²) >= 11 is 0. The maximum Gasteiger partial charge on any atom is 0.128 e. The maximum atomic E-state index is 13.9. The second-order valence-electron chi connectivity index (χ2n) is 5.07. The van der Waals surface area contributed by atoms with Crippen LogP contribution in [0.3, 0.4) is 0 Å². The number of piperidine rings is 1. The standard InChI is InChI=1S/C14H21FN2/c1-17(2)13-4-3-12(14(15)10-13)9-11-5-7-16-8-6-11/h3-4,10-11,16H,5-9H2,1-2H3. The number of rotatable bonds is 3. The molecule has 0 atom stereocenters. The molecule has 2 rings (SSSR count). The summed E-state index contributed by atoms with van der Waals surface area (Å²) in [5, 5.41) is 3.34. The molecule has 0 saturated carbocycles. The Morgan fingerprint density at radius 1 is 1.29 bits per heavy atom. The molecule has 0 aliphatic carbocycles. The molecule has 0 unspecified atom stereocenters. The smallest absolute Gasteiger partial charge is 0.128 e. The first-order chi connectivity index (χ1) is 8.16. The molecule has 0 amide bonds. The number of hydrogen-bond acceptors (Lipinski definition) is 2. The Morgan fingerprint density at radius 2 is 2.00 bits per heavy atom. The zero-order chi connectivity index (χ0) is 12.3. The average molecular weight is 236 g/mol. The van der Waals surface area contributed by atoms with Crippen molar-refractivity contribution in [2.45, 2.75) is 19.3 Å².